The van der Waals surface area contributed by atoms with Crippen LogP contribution in [0.2, 0.25) is 0 Å². The normalized spacial score (nSPS) is 14.8. The number of hydrogen-bond acceptors (Lipinski definition) is 3. The minimum absolute atomic E-state index is 0.0210. The maximum absolute atomic E-state index is 12.2. The van der Waals surface area contributed by atoms with E-state index in [1.54, 1.807) is 0 Å². The van der Waals surface area contributed by atoms with Crippen molar-refractivity contribution in [2.24, 2.45) is 7.05 Å². The molecule has 1 amide bonds. The lowest BCUT2D eigenvalue weighted by atomic mass is 9.90. The number of ether oxygens (including phenoxy) is 2. The van der Waals surface area contributed by atoms with Crippen LogP contribution in [0.5, 0.6) is 11.5 Å². The van der Waals surface area contributed by atoms with Crippen molar-refractivity contribution < 1.29 is 18.8 Å². The van der Waals surface area contributed by atoms with Gasteiger partial charge < -0.3 is 14.8 Å². The molecular formula is C19H15N2O3+. The molecule has 0 fully saturated rings. The number of nitrogens with zero attached hydrogens (tertiary/aromatic N) is 1. The molecule has 0 bridgehead atoms. The maximum Gasteiger partial charge on any atom is 0.251 e. The molecule has 0 aliphatic carbocycles. The van der Waals surface area contributed by atoms with E-state index in [0.717, 1.165) is 44.5 Å². The summed E-state index contributed by atoms with van der Waals surface area (Å²) in [6.07, 6.45) is 4.01. The van der Waals surface area contributed by atoms with Crippen LogP contribution in [0, 0.1) is 0 Å². The number of nitrogens with one attached hydrogen (secondary N) is 1. The summed E-state index contributed by atoms with van der Waals surface area (Å²) in [6.45, 7) is 0.761. The van der Waals surface area contributed by atoms with E-state index in [2.05, 4.69) is 17.4 Å². The molecule has 2 aliphatic rings. The molecule has 0 atom stereocenters. The summed E-state index contributed by atoms with van der Waals surface area (Å²) in [7, 11) is 1.98. The lowest BCUT2D eigenvalue weighted by molar-refractivity contribution is -0.671. The summed E-state index contributed by atoms with van der Waals surface area (Å²) >= 11 is 0. The van der Waals surface area contributed by atoms with Gasteiger partial charge in [0.1, 0.15) is 7.05 Å². The minimum atomic E-state index is -0.0210. The number of aromatic nitrogens is 1. The fourth-order valence-electron chi connectivity index (χ4n) is 3.53. The molecule has 0 spiro atoms. The number of amides is 1. The third kappa shape index (κ3) is 1.75. The zero-order valence-electron chi connectivity index (χ0n) is 13.1. The first-order valence-corrected chi connectivity index (χ1v) is 7.84. The van der Waals surface area contributed by atoms with Gasteiger partial charge in [0.2, 0.25) is 6.79 Å². The minimum Gasteiger partial charge on any atom is -0.454 e. The van der Waals surface area contributed by atoms with Gasteiger partial charge in [0.05, 0.1) is 0 Å². The predicted octanol–water partition coefficient (Wildman–Crippen LogP) is 2.30. The number of aryl methyl sites for hydroxylation is 1. The molecule has 0 saturated heterocycles. The SMILES string of the molecule is C[n+]1ccc(-c2c3c(cc4ccc5c(c24)OCO5)C(=O)NC3)cc1. The van der Waals surface area contributed by atoms with Crippen molar-refractivity contribution in [3.63, 3.8) is 0 Å². The third-order valence-electron chi connectivity index (χ3n) is 4.69. The average Bonchev–Trinajstić information content (AvgIpc) is 3.21. The van der Waals surface area contributed by atoms with Crippen molar-refractivity contribution in [2.45, 2.75) is 6.54 Å². The van der Waals surface area contributed by atoms with E-state index < -0.39 is 0 Å². The van der Waals surface area contributed by atoms with E-state index in [-0.39, 0.29) is 12.7 Å². The Labute approximate surface area is 138 Å². The second-order valence-corrected chi connectivity index (χ2v) is 6.11. The Morgan fingerprint density at radius 1 is 1.12 bits per heavy atom. The molecular weight excluding hydrogens is 304 g/mol. The Bertz CT molecular complexity index is 1010. The number of rotatable bonds is 1. The molecule has 3 heterocycles. The fraction of sp³-hybridized carbons (Fsp3) is 0.158. The maximum atomic E-state index is 12.2. The van der Waals surface area contributed by atoms with Gasteiger partial charge >= 0.3 is 0 Å². The van der Waals surface area contributed by atoms with Crippen molar-refractivity contribution in [3.8, 4) is 22.6 Å². The van der Waals surface area contributed by atoms with Crippen LogP contribution in [0.4, 0.5) is 0 Å². The molecule has 2 aliphatic heterocycles. The Kier molecular flexibility index (Phi) is 2.62. The van der Waals surface area contributed by atoms with Crippen LogP contribution in [0.3, 0.4) is 0 Å². The first-order valence-electron chi connectivity index (χ1n) is 7.84. The summed E-state index contributed by atoms with van der Waals surface area (Å²) in [6, 6.07) is 9.96. The molecule has 118 valence electrons. The molecule has 5 heteroatoms. The fourth-order valence-corrected chi connectivity index (χ4v) is 3.53. The van der Waals surface area contributed by atoms with Crippen molar-refractivity contribution in [1.29, 1.82) is 0 Å². The number of carbonyl (C=O) groups excluding carboxylic acids is 1. The smallest absolute Gasteiger partial charge is 0.251 e. The summed E-state index contributed by atoms with van der Waals surface area (Å²) in [4.78, 5) is 12.2. The molecule has 5 rings (SSSR count). The largest absolute Gasteiger partial charge is 0.454 e. The quantitative estimate of drug-likeness (QED) is 0.700. The summed E-state index contributed by atoms with van der Waals surface area (Å²) in [5.74, 6) is 1.49. The molecule has 0 saturated carbocycles. The van der Waals surface area contributed by atoms with Crippen LogP contribution >= 0.6 is 0 Å². The number of pyridine rings is 1. The van der Waals surface area contributed by atoms with E-state index in [1.165, 1.54) is 0 Å². The van der Waals surface area contributed by atoms with Gasteiger partial charge in [0, 0.05) is 29.6 Å². The molecule has 1 aromatic heterocycles. The van der Waals surface area contributed by atoms with Crippen LogP contribution in [0.15, 0.2) is 42.7 Å². The molecule has 2 aromatic carbocycles. The third-order valence-corrected chi connectivity index (χ3v) is 4.69. The van der Waals surface area contributed by atoms with Crippen molar-refractivity contribution in [2.75, 3.05) is 6.79 Å². The van der Waals surface area contributed by atoms with Gasteiger partial charge in [-0.1, -0.05) is 6.07 Å². The Morgan fingerprint density at radius 2 is 1.96 bits per heavy atom. The topological polar surface area (TPSA) is 51.4 Å². The standard InChI is InChI=1S/C19H14N2O3/c1-21-6-4-11(5-7-21)16-14-9-20-19(22)13(14)8-12-2-3-15-18(17(12)16)24-10-23-15/h2-8H,9-10H2,1H3/p+1. The molecule has 3 aromatic rings. The van der Waals surface area contributed by atoms with E-state index in [1.807, 2.05) is 42.2 Å². The highest BCUT2D eigenvalue weighted by Gasteiger charge is 2.28. The Morgan fingerprint density at radius 3 is 2.79 bits per heavy atom. The second-order valence-electron chi connectivity index (χ2n) is 6.11. The van der Waals surface area contributed by atoms with Crippen LogP contribution in [-0.2, 0) is 13.6 Å². The highest BCUT2D eigenvalue weighted by molar-refractivity contribution is 6.11. The van der Waals surface area contributed by atoms with E-state index in [4.69, 9.17) is 9.47 Å². The van der Waals surface area contributed by atoms with Crippen LogP contribution < -0.4 is 19.4 Å². The summed E-state index contributed by atoms with van der Waals surface area (Å²) < 4.78 is 13.3. The average molecular weight is 319 g/mol. The van der Waals surface area contributed by atoms with Gasteiger partial charge in [0.15, 0.2) is 23.9 Å². The summed E-state index contributed by atoms with van der Waals surface area (Å²) in [5.41, 5.74) is 3.87. The lowest BCUT2D eigenvalue weighted by Gasteiger charge is -2.13. The lowest BCUT2D eigenvalue weighted by Crippen LogP contribution is -2.25. The Hall–Kier alpha value is -3.08. The first kappa shape index (κ1) is 13.4. The highest BCUT2D eigenvalue weighted by atomic mass is 16.7. The molecule has 5 nitrogen and oxygen atoms in total. The van der Waals surface area contributed by atoms with Gasteiger partial charge in [0.25, 0.3) is 5.91 Å². The molecule has 1 N–H and O–H groups in total. The number of carbonyl (C=O) groups is 1. The van der Waals surface area contributed by atoms with Gasteiger partial charge in [-0.15, -0.1) is 0 Å². The van der Waals surface area contributed by atoms with E-state index >= 15 is 0 Å². The highest BCUT2D eigenvalue weighted by Crippen LogP contribution is 2.46. The second kappa shape index (κ2) is 4.71. The number of hydrogen-bond donors (Lipinski definition) is 1. The Balaban J connectivity index is 1.93. The zero-order chi connectivity index (χ0) is 16.3. The van der Waals surface area contributed by atoms with Crippen LogP contribution in [0.1, 0.15) is 15.9 Å². The van der Waals surface area contributed by atoms with Gasteiger partial charge in [-0.3, -0.25) is 4.79 Å². The first-order chi connectivity index (χ1) is 11.7. The monoisotopic (exact) mass is 319 g/mol. The zero-order valence-corrected chi connectivity index (χ0v) is 13.1. The van der Waals surface area contributed by atoms with Gasteiger partial charge in [-0.05, 0) is 34.2 Å². The number of benzene rings is 2. The van der Waals surface area contributed by atoms with Gasteiger partial charge in [-0.2, -0.15) is 0 Å². The predicted molar refractivity (Wildman–Crippen MR) is 87.9 cm³/mol. The molecule has 24 heavy (non-hydrogen) atoms. The van der Waals surface area contributed by atoms with Gasteiger partial charge in [-0.25, -0.2) is 4.57 Å². The molecule has 0 unspecified atom stereocenters. The summed E-state index contributed by atoms with van der Waals surface area (Å²) in [5, 5.41) is 4.93. The van der Waals surface area contributed by atoms with Crippen molar-refractivity contribution >= 4 is 16.7 Å². The van der Waals surface area contributed by atoms with Crippen molar-refractivity contribution in [1.82, 2.24) is 5.32 Å². The van der Waals surface area contributed by atoms with Crippen LogP contribution in [-0.4, -0.2) is 12.7 Å². The molecule has 0 radical (unpaired) electrons. The number of fused-ring (bicyclic) bond motifs is 4. The van der Waals surface area contributed by atoms with Crippen LogP contribution in [0.25, 0.3) is 21.9 Å². The van der Waals surface area contributed by atoms with Crippen molar-refractivity contribution in [3.05, 3.63) is 53.9 Å². The van der Waals surface area contributed by atoms with E-state index in [0.29, 0.717) is 6.54 Å². The van der Waals surface area contributed by atoms with E-state index in [9.17, 15) is 4.79 Å².